The monoisotopic (exact) mass is 394 g/mol. The summed E-state index contributed by atoms with van der Waals surface area (Å²) in [6, 6.07) is 16.8. The number of rotatable bonds is 10. The van der Waals surface area contributed by atoms with Gasteiger partial charge < -0.3 is 20.1 Å². The van der Waals surface area contributed by atoms with Crippen molar-refractivity contribution in [3.05, 3.63) is 78.1 Å². The largest absolute Gasteiger partial charge is 0.491 e. The molecular formula is C22H26N4O3. The molecule has 1 aromatic heterocycles. The number of likely N-dealkylation sites (N-methyl/N-ethyl adjacent to an activating group) is 1. The lowest BCUT2D eigenvalue weighted by Gasteiger charge is -2.15. The lowest BCUT2D eigenvalue weighted by atomic mass is 10.1. The molecular weight excluding hydrogens is 368 g/mol. The predicted molar refractivity (Wildman–Crippen MR) is 112 cm³/mol. The first kappa shape index (κ1) is 20.6. The molecule has 7 heteroatoms. The van der Waals surface area contributed by atoms with Crippen LogP contribution < -0.4 is 15.4 Å². The molecule has 2 aromatic carbocycles. The van der Waals surface area contributed by atoms with Gasteiger partial charge in [0.05, 0.1) is 19.4 Å². The van der Waals surface area contributed by atoms with E-state index in [1.54, 1.807) is 17.9 Å². The predicted octanol–water partition coefficient (Wildman–Crippen LogP) is 2.91. The molecule has 0 aliphatic rings. The van der Waals surface area contributed by atoms with Crippen molar-refractivity contribution in [2.75, 3.05) is 25.6 Å². The van der Waals surface area contributed by atoms with Crippen molar-refractivity contribution >= 4 is 11.6 Å². The fourth-order valence-electron chi connectivity index (χ4n) is 2.92. The highest BCUT2D eigenvalue weighted by Gasteiger charge is 2.20. The maximum absolute atomic E-state index is 12.6. The number of aromatic nitrogens is 2. The molecule has 1 atom stereocenters. The van der Waals surface area contributed by atoms with Crippen LogP contribution in [0.4, 0.5) is 5.69 Å². The average Bonchev–Trinajstić information content (AvgIpc) is 3.15. The smallest absolute Gasteiger partial charge is 0.246 e. The number of carbonyl (C=O) groups is 1. The second-order valence-corrected chi connectivity index (χ2v) is 6.57. The number of para-hydroxylation sites is 1. The number of hydrogen-bond donors (Lipinski definition) is 2. The number of nitrogens with one attached hydrogen (secondary N) is 2. The lowest BCUT2D eigenvalue weighted by molar-refractivity contribution is -0.118. The van der Waals surface area contributed by atoms with E-state index in [-0.39, 0.29) is 5.91 Å². The van der Waals surface area contributed by atoms with Crippen LogP contribution in [0.25, 0.3) is 0 Å². The van der Waals surface area contributed by atoms with E-state index in [1.807, 2.05) is 67.8 Å². The zero-order chi connectivity index (χ0) is 20.5. The number of carbonyl (C=O) groups excluding carboxylic acids is 1. The second-order valence-electron chi connectivity index (χ2n) is 6.57. The molecule has 0 bridgehead atoms. The van der Waals surface area contributed by atoms with Crippen molar-refractivity contribution in [3.63, 3.8) is 0 Å². The van der Waals surface area contributed by atoms with Crippen LogP contribution in [0.2, 0.25) is 0 Å². The summed E-state index contributed by atoms with van der Waals surface area (Å²) in [5.41, 5.74) is 2.51. The SMILES string of the molecule is CNC(C(=O)Nc1cccc(COCCOc2ccccc2)c1)c1cnn(C)c1. The minimum absolute atomic E-state index is 0.144. The van der Waals surface area contributed by atoms with Crippen LogP contribution in [0.3, 0.4) is 0 Å². The third kappa shape index (κ3) is 6.17. The fourth-order valence-corrected chi connectivity index (χ4v) is 2.92. The van der Waals surface area contributed by atoms with E-state index >= 15 is 0 Å². The summed E-state index contributed by atoms with van der Waals surface area (Å²) in [7, 11) is 3.57. The Morgan fingerprint density at radius 1 is 1.14 bits per heavy atom. The minimum Gasteiger partial charge on any atom is -0.491 e. The van der Waals surface area contributed by atoms with Gasteiger partial charge in [0, 0.05) is 24.5 Å². The van der Waals surface area contributed by atoms with Gasteiger partial charge in [-0.1, -0.05) is 30.3 Å². The van der Waals surface area contributed by atoms with Crippen molar-refractivity contribution < 1.29 is 14.3 Å². The Balaban J connectivity index is 1.48. The van der Waals surface area contributed by atoms with E-state index in [0.29, 0.717) is 19.8 Å². The lowest BCUT2D eigenvalue weighted by Crippen LogP contribution is -2.30. The zero-order valence-corrected chi connectivity index (χ0v) is 16.7. The molecule has 0 spiro atoms. The first-order valence-electron chi connectivity index (χ1n) is 9.47. The summed E-state index contributed by atoms with van der Waals surface area (Å²) >= 11 is 0. The molecule has 1 unspecified atom stereocenters. The number of anilines is 1. The average molecular weight is 394 g/mol. The van der Waals surface area contributed by atoms with E-state index in [0.717, 1.165) is 22.6 Å². The highest BCUT2D eigenvalue weighted by atomic mass is 16.5. The minimum atomic E-state index is -0.473. The molecule has 0 fully saturated rings. The van der Waals surface area contributed by atoms with E-state index < -0.39 is 6.04 Å². The van der Waals surface area contributed by atoms with Crippen LogP contribution >= 0.6 is 0 Å². The van der Waals surface area contributed by atoms with Crippen molar-refractivity contribution in [2.24, 2.45) is 7.05 Å². The topological polar surface area (TPSA) is 77.4 Å². The molecule has 0 aliphatic heterocycles. The zero-order valence-electron chi connectivity index (χ0n) is 16.7. The summed E-state index contributed by atoms with van der Waals surface area (Å²) in [6.07, 6.45) is 3.51. The van der Waals surface area contributed by atoms with Gasteiger partial charge in [-0.05, 0) is 36.9 Å². The second kappa shape index (κ2) is 10.4. The quantitative estimate of drug-likeness (QED) is 0.517. The molecule has 29 heavy (non-hydrogen) atoms. The molecule has 7 nitrogen and oxygen atoms in total. The number of benzene rings is 2. The Morgan fingerprint density at radius 3 is 2.69 bits per heavy atom. The Bertz CT molecular complexity index is 911. The maximum atomic E-state index is 12.6. The summed E-state index contributed by atoms with van der Waals surface area (Å²) in [4.78, 5) is 12.6. The Kier molecular flexibility index (Phi) is 7.38. The number of nitrogens with zero attached hydrogens (tertiary/aromatic N) is 2. The van der Waals surface area contributed by atoms with Gasteiger partial charge in [-0.3, -0.25) is 9.48 Å². The number of amides is 1. The molecule has 0 saturated heterocycles. The Labute approximate surface area is 170 Å². The van der Waals surface area contributed by atoms with Crippen LogP contribution in [0.5, 0.6) is 5.75 Å². The molecule has 1 heterocycles. The van der Waals surface area contributed by atoms with Gasteiger partial charge >= 0.3 is 0 Å². The van der Waals surface area contributed by atoms with Crippen molar-refractivity contribution in [1.82, 2.24) is 15.1 Å². The summed E-state index contributed by atoms with van der Waals surface area (Å²) in [6.45, 7) is 1.41. The van der Waals surface area contributed by atoms with Gasteiger partial charge in [-0.2, -0.15) is 5.10 Å². The highest BCUT2D eigenvalue weighted by Crippen LogP contribution is 2.17. The van der Waals surface area contributed by atoms with Gasteiger partial charge in [0.2, 0.25) is 5.91 Å². The Morgan fingerprint density at radius 2 is 1.97 bits per heavy atom. The van der Waals surface area contributed by atoms with Gasteiger partial charge in [0.25, 0.3) is 0 Å². The molecule has 0 aliphatic carbocycles. The fraction of sp³-hybridized carbons (Fsp3) is 0.273. The van der Waals surface area contributed by atoms with E-state index in [4.69, 9.17) is 9.47 Å². The maximum Gasteiger partial charge on any atom is 0.246 e. The molecule has 2 N–H and O–H groups in total. The van der Waals surface area contributed by atoms with Gasteiger partial charge in [-0.25, -0.2) is 0 Å². The van der Waals surface area contributed by atoms with Crippen LogP contribution in [0.15, 0.2) is 67.0 Å². The Hall–Kier alpha value is -3.16. The molecule has 152 valence electrons. The molecule has 3 rings (SSSR count). The number of ether oxygens (including phenoxy) is 2. The van der Waals surface area contributed by atoms with Crippen LogP contribution in [0.1, 0.15) is 17.2 Å². The number of aryl methyl sites for hydroxylation is 1. The van der Waals surface area contributed by atoms with Crippen LogP contribution in [-0.2, 0) is 23.2 Å². The van der Waals surface area contributed by atoms with E-state index in [1.165, 1.54) is 0 Å². The summed E-state index contributed by atoms with van der Waals surface area (Å²) < 4.78 is 13.0. The van der Waals surface area contributed by atoms with E-state index in [2.05, 4.69) is 15.7 Å². The molecule has 0 saturated carbocycles. The molecule has 3 aromatic rings. The third-order valence-electron chi connectivity index (χ3n) is 4.31. The standard InChI is InChI=1S/C22H26N4O3/c1-23-21(18-14-24-26(2)15-18)22(27)25-19-8-6-7-17(13-19)16-28-11-12-29-20-9-4-3-5-10-20/h3-10,13-15,21,23H,11-12,16H2,1-2H3,(H,25,27). The van der Waals surface area contributed by atoms with Gasteiger partial charge in [0.15, 0.2) is 0 Å². The van der Waals surface area contributed by atoms with E-state index in [9.17, 15) is 4.79 Å². The number of hydrogen-bond acceptors (Lipinski definition) is 5. The van der Waals surface area contributed by atoms with Crippen molar-refractivity contribution in [3.8, 4) is 5.75 Å². The molecule has 0 radical (unpaired) electrons. The van der Waals surface area contributed by atoms with Crippen molar-refractivity contribution in [2.45, 2.75) is 12.6 Å². The van der Waals surface area contributed by atoms with Gasteiger partial charge in [0.1, 0.15) is 18.4 Å². The first-order chi connectivity index (χ1) is 14.2. The van der Waals surface area contributed by atoms with Crippen molar-refractivity contribution in [1.29, 1.82) is 0 Å². The highest BCUT2D eigenvalue weighted by molar-refractivity contribution is 5.95. The summed E-state index contributed by atoms with van der Waals surface area (Å²) in [5, 5.41) is 10.1. The normalized spacial score (nSPS) is 11.8. The van der Waals surface area contributed by atoms with Crippen LogP contribution in [-0.4, -0.2) is 35.9 Å². The summed E-state index contributed by atoms with van der Waals surface area (Å²) in [5.74, 6) is 0.684. The van der Waals surface area contributed by atoms with Gasteiger partial charge in [-0.15, -0.1) is 0 Å². The molecule has 1 amide bonds. The van der Waals surface area contributed by atoms with Crippen LogP contribution in [0, 0.1) is 0 Å². The first-order valence-corrected chi connectivity index (χ1v) is 9.47. The third-order valence-corrected chi connectivity index (χ3v) is 4.31.